The van der Waals surface area contributed by atoms with Crippen LogP contribution in [0.15, 0.2) is 61.2 Å². The number of aryl methyl sites for hydroxylation is 1. The third-order valence-corrected chi connectivity index (χ3v) is 5.06. The van der Waals surface area contributed by atoms with Crippen molar-refractivity contribution in [2.24, 2.45) is 0 Å². The summed E-state index contributed by atoms with van der Waals surface area (Å²) in [6.07, 6.45) is 5.32. The first kappa shape index (κ1) is 14.8. The minimum Gasteiger partial charge on any atom is -0.365 e. The summed E-state index contributed by atoms with van der Waals surface area (Å²) < 4.78 is 0. The van der Waals surface area contributed by atoms with Crippen LogP contribution in [-0.4, -0.2) is 15.0 Å². The first-order chi connectivity index (χ1) is 11.8. The Morgan fingerprint density at radius 3 is 2.79 bits per heavy atom. The van der Waals surface area contributed by atoms with Crippen molar-refractivity contribution in [2.45, 2.75) is 13.5 Å². The van der Waals surface area contributed by atoms with Crippen LogP contribution in [0.25, 0.3) is 20.7 Å². The Hall–Kier alpha value is -2.79. The Labute approximate surface area is 144 Å². The van der Waals surface area contributed by atoms with Gasteiger partial charge in [0.25, 0.3) is 0 Å². The first-order valence-corrected chi connectivity index (χ1v) is 8.56. The van der Waals surface area contributed by atoms with Crippen LogP contribution < -0.4 is 5.32 Å². The fraction of sp³-hybridized carbons (Fsp3) is 0.105. The summed E-state index contributed by atoms with van der Waals surface area (Å²) in [5.41, 5.74) is 3.59. The number of pyridine rings is 1. The smallest absolute Gasteiger partial charge is 0.138 e. The summed E-state index contributed by atoms with van der Waals surface area (Å²) in [4.78, 5) is 15.2. The molecule has 4 rings (SSSR count). The van der Waals surface area contributed by atoms with E-state index in [0.717, 1.165) is 22.6 Å². The number of fused-ring (bicyclic) bond motifs is 1. The van der Waals surface area contributed by atoms with Crippen LogP contribution in [0.2, 0.25) is 0 Å². The lowest BCUT2D eigenvalue weighted by atomic mass is 10.1. The second-order valence-corrected chi connectivity index (χ2v) is 6.60. The number of anilines is 1. The first-order valence-electron chi connectivity index (χ1n) is 7.74. The van der Waals surface area contributed by atoms with Crippen LogP contribution in [0.1, 0.15) is 11.1 Å². The molecule has 4 aromatic rings. The molecule has 0 aliphatic carbocycles. The molecule has 0 saturated heterocycles. The van der Waals surface area contributed by atoms with E-state index >= 15 is 0 Å². The van der Waals surface area contributed by atoms with Crippen molar-refractivity contribution < 1.29 is 0 Å². The largest absolute Gasteiger partial charge is 0.365 e. The standard InChI is InChI=1S/C19H16N4S/c1-13-10-20-8-7-15(13)11-21-18-16-9-17(14-5-3-2-4-6-14)24-19(16)23-12-22-18/h2-10,12H,11H2,1H3,(H,21,22,23). The summed E-state index contributed by atoms with van der Waals surface area (Å²) >= 11 is 1.69. The summed E-state index contributed by atoms with van der Waals surface area (Å²) in [5.74, 6) is 0.870. The Morgan fingerprint density at radius 2 is 1.96 bits per heavy atom. The normalized spacial score (nSPS) is 10.9. The Bertz CT molecular complexity index is 979. The van der Waals surface area contributed by atoms with Gasteiger partial charge in [0, 0.05) is 23.8 Å². The van der Waals surface area contributed by atoms with Crippen molar-refractivity contribution in [1.29, 1.82) is 0 Å². The average Bonchev–Trinajstić information content (AvgIpc) is 3.07. The van der Waals surface area contributed by atoms with E-state index in [1.54, 1.807) is 17.7 Å². The lowest BCUT2D eigenvalue weighted by molar-refractivity contribution is 1.07. The van der Waals surface area contributed by atoms with Crippen LogP contribution in [-0.2, 0) is 6.54 Å². The van der Waals surface area contributed by atoms with Crippen LogP contribution in [0, 0.1) is 6.92 Å². The number of benzene rings is 1. The molecule has 24 heavy (non-hydrogen) atoms. The van der Waals surface area contributed by atoms with Gasteiger partial charge in [-0.3, -0.25) is 4.98 Å². The molecular formula is C19H16N4S. The van der Waals surface area contributed by atoms with Crippen molar-refractivity contribution in [1.82, 2.24) is 15.0 Å². The molecule has 4 nitrogen and oxygen atoms in total. The van der Waals surface area contributed by atoms with Crippen LogP contribution in [0.4, 0.5) is 5.82 Å². The second-order valence-electron chi connectivity index (χ2n) is 5.57. The molecule has 0 aliphatic heterocycles. The fourth-order valence-electron chi connectivity index (χ4n) is 2.62. The molecule has 0 fully saturated rings. The topological polar surface area (TPSA) is 50.7 Å². The van der Waals surface area contributed by atoms with Crippen LogP contribution in [0.5, 0.6) is 0 Å². The molecule has 0 spiro atoms. The average molecular weight is 332 g/mol. The number of nitrogens with zero attached hydrogens (tertiary/aromatic N) is 3. The van der Waals surface area contributed by atoms with Crippen LogP contribution in [0.3, 0.4) is 0 Å². The molecule has 3 heterocycles. The molecule has 1 N–H and O–H groups in total. The minimum atomic E-state index is 0.719. The van der Waals surface area contributed by atoms with E-state index in [2.05, 4.69) is 57.5 Å². The van der Waals surface area contributed by atoms with Gasteiger partial charge in [-0.1, -0.05) is 30.3 Å². The van der Waals surface area contributed by atoms with Gasteiger partial charge in [-0.15, -0.1) is 11.3 Å². The minimum absolute atomic E-state index is 0.719. The predicted molar refractivity (Wildman–Crippen MR) is 99.2 cm³/mol. The van der Waals surface area contributed by atoms with Crippen LogP contribution >= 0.6 is 11.3 Å². The molecular weight excluding hydrogens is 316 g/mol. The van der Waals surface area contributed by atoms with Gasteiger partial charge in [-0.25, -0.2) is 9.97 Å². The maximum absolute atomic E-state index is 4.43. The Morgan fingerprint density at radius 1 is 1.08 bits per heavy atom. The quantitative estimate of drug-likeness (QED) is 0.590. The molecule has 0 amide bonds. The maximum Gasteiger partial charge on any atom is 0.138 e. The molecule has 0 saturated carbocycles. The lowest BCUT2D eigenvalue weighted by Crippen LogP contribution is -2.03. The van der Waals surface area contributed by atoms with Crippen molar-refractivity contribution in [3.63, 3.8) is 0 Å². The van der Waals surface area contributed by atoms with E-state index < -0.39 is 0 Å². The molecule has 0 radical (unpaired) electrons. The zero-order valence-corrected chi connectivity index (χ0v) is 14.0. The van der Waals surface area contributed by atoms with E-state index in [4.69, 9.17) is 0 Å². The highest BCUT2D eigenvalue weighted by atomic mass is 32.1. The van der Waals surface area contributed by atoms with Gasteiger partial charge in [0.05, 0.1) is 5.39 Å². The summed E-state index contributed by atoms with van der Waals surface area (Å²) in [7, 11) is 0. The van der Waals surface area contributed by atoms with E-state index in [-0.39, 0.29) is 0 Å². The van der Waals surface area contributed by atoms with Crippen molar-refractivity contribution in [3.05, 3.63) is 72.3 Å². The zero-order chi connectivity index (χ0) is 16.4. The Kier molecular flexibility index (Phi) is 3.92. The number of rotatable bonds is 4. The molecule has 0 bridgehead atoms. The van der Waals surface area contributed by atoms with E-state index in [9.17, 15) is 0 Å². The lowest BCUT2D eigenvalue weighted by Gasteiger charge is -2.08. The second kappa shape index (κ2) is 6.37. The van der Waals surface area contributed by atoms with E-state index in [1.807, 2.05) is 24.5 Å². The molecule has 1 aromatic carbocycles. The highest BCUT2D eigenvalue weighted by Crippen LogP contribution is 2.34. The number of thiophene rings is 1. The van der Waals surface area contributed by atoms with Gasteiger partial charge in [0.15, 0.2) is 0 Å². The molecule has 0 unspecified atom stereocenters. The zero-order valence-electron chi connectivity index (χ0n) is 13.2. The molecule has 0 atom stereocenters. The monoisotopic (exact) mass is 332 g/mol. The van der Waals surface area contributed by atoms with Crippen molar-refractivity contribution >= 4 is 27.4 Å². The SMILES string of the molecule is Cc1cnccc1CNc1ncnc2sc(-c3ccccc3)cc12. The number of hydrogen-bond donors (Lipinski definition) is 1. The van der Waals surface area contributed by atoms with Crippen molar-refractivity contribution in [2.75, 3.05) is 5.32 Å². The van der Waals surface area contributed by atoms with Gasteiger partial charge in [-0.05, 0) is 35.7 Å². The van der Waals surface area contributed by atoms with Gasteiger partial charge < -0.3 is 5.32 Å². The van der Waals surface area contributed by atoms with E-state index in [0.29, 0.717) is 0 Å². The van der Waals surface area contributed by atoms with Gasteiger partial charge >= 0.3 is 0 Å². The number of hydrogen-bond acceptors (Lipinski definition) is 5. The number of aromatic nitrogens is 3. The van der Waals surface area contributed by atoms with Gasteiger partial charge in [0.2, 0.25) is 0 Å². The molecule has 5 heteroatoms. The van der Waals surface area contributed by atoms with Crippen molar-refractivity contribution in [3.8, 4) is 10.4 Å². The van der Waals surface area contributed by atoms with Gasteiger partial charge in [0.1, 0.15) is 17.0 Å². The van der Waals surface area contributed by atoms with Gasteiger partial charge in [-0.2, -0.15) is 0 Å². The third-order valence-electron chi connectivity index (χ3n) is 3.97. The molecule has 0 aliphatic rings. The summed E-state index contributed by atoms with van der Waals surface area (Å²) in [5, 5.41) is 4.50. The molecule has 118 valence electrons. The highest BCUT2D eigenvalue weighted by molar-refractivity contribution is 7.21. The summed E-state index contributed by atoms with van der Waals surface area (Å²) in [6, 6.07) is 14.6. The van der Waals surface area contributed by atoms with E-state index in [1.165, 1.54) is 21.6 Å². The Balaban J connectivity index is 1.66. The summed E-state index contributed by atoms with van der Waals surface area (Å²) in [6.45, 7) is 2.79. The molecule has 3 aromatic heterocycles. The third kappa shape index (κ3) is 2.86. The number of nitrogens with one attached hydrogen (secondary N) is 1. The fourth-order valence-corrected chi connectivity index (χ4v) is 3.63. The predicted octanol–water partition coefficient (Wildman–Crippen LogP) is 4.67. The highest BCUT2D eigenvalue weighted by Gasteiger charge is 2.10. The maximum atomic E-state index is 4.43.